The third-order valence-corrected chi connectivity index (χ3v) is 4.16. The van der Waals surface area contributed by atoms with Crippen LogP contribution in [0.3, 0.4) is 0 Å². The van der Waals surface area contributed by atoms with Crippen molar-refractivity contribution in [2.75, 3.05) is 19.8 Å². The quantitative estimate of drug-likeness (QED) is 0.639. The average molecular weight is 353 g/mol. The first-order valence-corrected chi connectivity index (χ1v) is 9.21. The summed E-state index contributed by atoms with van der Waals surface area (Å²) >= 11 is 0. The molecule has 2 aromatic rings. The molecule has 1 aliphatic heterocycles. The maximum absolute atomic E-state index is 5.75. The first-order chi connectivity index (χ1) is 12.7. The van der Waals surface area contributed by atoms with Gasteiger partial charge in [-0.25, -0.2) is 4.99 Å². The van der Waals surface area contributed by atoms with Crippen molar-refractivity contribution in [1.82, 2.24) is 10.6 Å². The molecule has 3 rings (SSSR count). The van der Waals surface area contributed by atoms with E-state index in [-0.39, 0.29) is 0 Å². The Kier molecular flexibility index (Phi) is 6.36. The van der Waals surface area contributed by atoms with E-state index >= 15 is 0 Å². The Morgan fingerprint density at radius 2 is 1.69 bits per heavy atom. The molecule has 26 heavy (non-hydrogen) atoms. The molecule has 5 heteroatoms. The Labute approximate surface area is 155 Å². The summed E-state index contributed by atoms with van der Waals surface area (Å²) in [5.74, 6) is 2.44. The first kappa shape index (κ1) is 18.1. The molecule has 0 unspecified atom stereocenters. The van der Waals surface area contributed by atoms with E-state index < -0.39 is 0 Å². The largest absolute Gasteiger partial charge is 0.490 e. The molecule has 0 aliphatic carbocycles. The van der Waals surface area contributed by atoms with Crippen molar-refractivity contribution in [2.45, 2.75) is 33.4 Å². The molecular weight excluding hydrogens is 326 g/mol. The first-order valence-electron chi connectivity index (χ1n) is 9.21. The van der Waals surface area contributed by atoms with Crippen LogP contribution in [-0.2, 0) is 13.1 Å². The number of aryl methyl sites for hydroxylation is 1. The maximum Gasteiger partial charge on any atom is 0.191 e. The van der Waals surface area contributed by atoms with Crippen LogP contribution in [0.15, 0.2) is 47.5 Å². The van der Waals surface area contributed by atoms with Crippen LogP contribution in [0.4, 0.5) is 0 Å². The van der Waals surface area contributed by atoms with Crippen molar-refractivity contribution in [2.24, 2.45) is 4.99 Å². The van der Waals surface area contributed by atoms with Gasteiger partial charge in [-0.3, -0.25) is 0 Å². The monoisotopic (exact) mass is 353 g/mol. The summed E-state index contributed by atoms with van der Waals surface area (Å²) < 4.78 is 11.4. The molecule has 0 saturated carbocycles. The van der Waals surface area contributed by atoms with Crippen molar-refractivity contribution in [3.05, 3.63) is 59.2 Å². The standard InChI is InChI=1S/C21H27N3O2/c1-3-22-21(23-14-17-7-5-16(2)6-8-17)24-15-18-9-10-19-20(13-18)26-12-4-11-25-19/h5-10,13H,3-4,11-12,14-15H2,1-2H3,(H2,22,23,24). The highest BCUT2D eigenvalue weighted by Crippen LogP contribution is 2.30. The fourth-order valence-electron chi connectivity index (χ4n) is 2.71. The topological polar surface area (TPSA) is 54.9 Å². The number of fused-ring (bicyclic) bond motifs is 1. The lowest BCUT2D eigenvalue weighted by molar-refractivity contribution is 0.297. The Morgan fingerprint density at radius 3 is 2.46 bits per heavy atom. The minimum atomic E-state index is 0.583. The summed E-state index contributed by atoms with van der Waals surface area (Å²) in [4.78, 5) is 4.69. The SMILES string of the molecule is CCNC(=NCc1ccc2c(c1)OCCCO2)NCc1ccc(C)cc1. The van der Waals surface area contributed by atoms with Crippen LogP contribution in [0, 0.1) is 6.92 Å². The molecule has 0 amide bonds. The zero-order valence-corrected chi connectivity index (χ0v) is 15.5. The molecule has 138 valence electrons. The van der Waals surface area contributed by atoms with Gasteiger partial charge in [0.15, 0.2) is 17.5 Å². The highest BCUT2D eigenvalue weighted by atomic mass is 16.5. The van der Waals surface area contributed by atoms with Gasteiger partial charge in [0, 0.05) is 19.5 Å². The normalized spacial score (nSPS) is 13.8. The Bertz CT molecular complexity index is 741. The zero-order chi connectivity index (χ0) is 18.2. The molecule has 0 fully saturated rings. The molecule has 0 saturated heterocycles. The summed E-state index contributed by atoms with van der Waals surface area (Å²) in [6.45, 7) is 7.71. The van der Waals surface area contributed by atoms with E-state index in [9.17, 15) is 0 Å². The highest BCUT2D eigenvalue weighted by molar-refractivity contribution is 5.79. The number of hydrogen-bond donors (Lipinski definition) is 2. The highest BCUT2D eigenvalue weighted by Gasteiger charge is 2.10. The van der Waals surface area contributed by atoms with Gasteiger partial charge in [-0.15, -0.1) is 0 Å². The van der Waals surface area contributed by atoms with E-state index in [1.807, 2.05) is 18.2 Å². The lowest BCUT2D eigenvalue weighted by atomic mass is 10.1. The lowest BCUT2D eigenvalue weighted by Gasteiger charge is -2.12. The third kappa shape index (κ3) is 5.15. The second kappa shape index (κ2) is 9.13. The Balaban J connectivity index is 1.63. The number of benzene rings is 2. The molecule has 2 N–H and O–H groups in total. The lowest BCUT2D eigenvalue weighted by Crippen LogP contribution is -2.36. The number of ether oxygens (including phenoxy) is 2. The van der Waals surface area contributed by atoms with Gasteiger partial charge < -0.3 is 20.1 Å². The van der Waals surface area contributed by atoms with Crippen molar-refractivity contribution in [3.63, 3.8) is 0 Å². The summed E-state index contributed by atoms with van der Waals surface area (Å²) in [7, 11) is 0. The van der Waals surface area contributed by atoms with Crippen LogP contribution in [0.5, 0.6) is 11.5 Å². The predicted octanol–water partition coefficient (Wildman–Crippen LogP) is 3.41. The molecular formula is C21H27N3O2. The summed E-state index contributed by atoms with van der Waals surface area (Å²) in [5.41, 5.74) is 3.60. The number of aliphatic imine (C=N–C) groups is 1. The summed E-state index contributed by atoms with van der Waals surface area (Å²) in [6, 6.07) is 14.6. The smallest absolute Gasteiger partial charge is 0.191 e. The molecule has 0 radical (unpaired) electrons. The molecule has 0 spiro atoms. The number of rotatable bonds is 5. The van der Waals surface area contributed by atoms with Gasteiger partial charge in [-0.05, 0) is 37.1 Å². The molecule has 2 aromatic carbocycles. The zero-order valence-electron chi connectivity index (χ0n) is 15.5. The summed E-state index contributed by atoms with van der Waals surface area (Å²) in [5, 5.41) is 6.67. The van der Waals surface area contributed by atoms with E-state index in [2.05, 4.69) is 53.7 Å². The Hall–Kier alpha value is -2.69. The van der Waals surface area contributed by atoms with Crippen LogP contribution in [-0.4, -0.2) is 25.7 Å². The van der Waals surface area contributed by atoms with E-state index in [1.165, 1.54) is 11.1 Å². The van der Waals surface area contributed by atoms with E-state index in [0.29, 0.717) is 19.8 Å². The number of guanidine groups is 1. The van der Waals surface area contributed by atoms with Crippen LogP contribution in [0.1, 0.15) is 30.0 Å². The number of nitrogens with one attached hydrogen (secondary N) is 2. The number of nitrogens with zero attached hydrogens (tertiary/aromatic N) is 1. The fourth-order valence-corrected chi connectivity index (χ4v) is 2.71. The molecule has 0 atom stereocenters. The van der Waals surface area contributed by atoms with E-state index in [4.69, 9.17) is 9.47 Å². The van der Waals surface area contributed by atoms with Crippen LogP contribution < -0.4 is 20.1 Å². The van der Waals surface area contributed by atoms with Gasteiger partial charge in [0.25, 0.3) is 0 Å². The predicted molar refractivity (Wildman–Crippen MR) is 105 cm³/mol. The minimum Gasteiger partial charge on any atom is -0.490 e. The van der Waals surface area contributed by atoms with Gasteiger partial charge in [-0.2, -0.15) is 0 Å². The van der Waals surface area contributed by atoms with Crippen LogP contribution in [0.25, 0.3) is 0 Å². The molecule has 1 aliphatic rings. The molecule has 1 heterocycles. The van der Waals surface area contributed by atoms with Gasteiger partial charge >= 0.3 is 0 Å². The van der Waals surface area contributed by atoms with E-state index in [1.54, 1.807) is 0 Å². The van der Waals surface area contributed by atoms with Crippen molar-refractivity contribution in [1.29, 1.82) is 0 Å². The molecule has 0 aromatic heterocycles. The molecule has 0 bridgehead atoms. The van der Waals surface area contributed by atoms with Crippen molar-refractivity contribution in [3.8, 4) is 11.5 Å². The van der Waals surface area contributed by atoms with Gasteiger partial charge in [-0.1, -0.05) is 35.9 Å². The second-order valence-electron chi connectivity index (χ2n) is 6.37. The number of hydrogen-bond acceptors (Lipinski definition) is 3. The van der Waals surface area contributed by atoms with Gasteiger partial charge in [0.1, 0.15) is 0 Å². The van der Waals surface area contributed by atoms with Gasteiger partial charge in [0.2, 0.25) is 0 Å². The van der Waals surface area contributed by atoms with Crippen LogP contribution in [0.2, 0.25) is 0 Å². The fraction of sp³-hybridized carbons (Fsp3) is 0.381. The van der Waals surface area contributed by atoms with Crippen molar-refractivity contribution >= 4 is 5.96 Å². The van der Waals surface area contributed by atoms with E-state index in [0.717, 1.165) is 42.5 Å². The second-order valence-corrected chi connectivity index (χ2v) is 6.37. The van der Waals surface area contributed by atoms with Gasteiger partial charge in [0.05, 0.1) is 19.8 Å². The minimum absolute atomic E-state index is 0.583. The van der Waals surface area contributed by atoms with Crippen molar-refractivity contribution < 1.29 is 9.47 Å². The average Bonchev–Trinajstić information content (AvgIpc) is 2.90. The molecule has 5 nitrogen and oxygen atoms in total. The van der Waals surface area contributed by atoms with Crippen LogP contribution >= 0.6 is 0 Å². The summed E-state index contributed by atoms with van der Waals surface area (Å²) in [6.07, 6.45) is 0.912. The third-order valence-electron chi connectivity index (χ3n) is 4.16. The Morgan fingerprint density at radius 1 is 0.962 bits per heavy atom. The maximum atomic E-state index is 5.75.